The summed E-state index contributed by atoms with van der Waals surface area (Å²) in [5.41, 5.74) is 0. The summed E-state index contributed by atoms with van der Waals surface area (Å²) in [6.45, 7) is 6.09. The molecule has 0 atom stereocenters. The molecule has 1 aromatic rings. The number of hydrogen-bond acceptors (Lipinski definition) is 5. The lowest BCUT2D eigenvalue weighted by Crippen LogP contribution is -2.38. The Bertz CT molecular complexity index is 509. The number of nitrogens with zero attached hydrogens (tertiary/aromatic N) is 2. The van der Waals surface area contributed by atoms with Crippen molar-refractivity contribution in [2.24, 2.45) is 4.99 Å². The van der Waals surface area contributed by atoms with Crippen molar-refractivity contribution in [3.05, 3.63) is 16.1 Å². The zero-order valence-electron chi connectivity index (χ0n) is 15.5. The number of aliphatic imine (C=N–C) groups is 1. The van der Waals surface area contributed by atoms with Gasteiger partial charge in [-0.15, -0.1) is 35.3 Å². The molecule has 2 N–H and O–H groups in total. The maximum atomic E-state index is 11.2. The van der Waals surface area contributed by atoms with Crippen LogP contribution in [0, 0.1) is 6.92 Å². The van der Waals surface area contributed by atoms with E-state index in [2.05, 4.69) is 27.5 Å². The van der Waals surface area contributed by atoms with Gasteiger partial charge in [-0.25, -0.2) is 4.98 Å². The smallest absolute Gasteiger partial charge is 0.305 e. The molecule has 0 saturated carbocycles. The first-order valence-corrected chi connectivity index (χ1v) is 9.48. The highest BCUT2D eigenvalue weighted by molar-refractivity contribution is 14.0. The van der Waals surface area contributed by atoms with Crippen LogP contribution in [0.1, 0.15) is 48.9 Å². The van der Waals surface area contributed by atoms with E-state index in [0.29, 0.717) is 13.0 Å². The quantitative estimate of drug-likeness (QED) is 0.167. The standard InChI is InChI=1S/C17H30N4O2S.HI/c1-4-23-16(22)9-7-5-6-8-11-19-17(18-3)20-12-10-15-21-13-14(2)24-15;/h13H,4-12H2,1-3H3,(H2,18,19,20);1H. The summed E-state index contributed by atoms with van der Waals surface area (Å²) in [7, 11) is 1.78. The molecule has 0 amide bonds. The van der Waals surface area contributed by atoms with Gasteiger partial charge in [0.05, 0.1) is 11.6 Å². The fourth-order valence-corrected chi connectivity index (χ4v) is 3.00. The molecule has 0 aliphatic carbocycles. The number of guanidine groups is 1. The summed E-state index contributed by atoms with van der Waals surface area (Å²) in [5.74, 6) is 0.741. The van der Waals surface area contributed by atoms with E-state index < -0.39 is 0 Å². The molecule has 0 aromatic carbocycles. The third kappa shape index (κ3) is 12.1. The van der Waals surface area contributed by atoms with Crippen molar-refractivity contribution in [2.45, 2.75) is 52.4 Å². The number of carbonyl (C=O) groups is 1. The van der Waals surface area contributed by atoms with Crippen molar-refractivity contribution in [3.8, 4) is 0 Å². The molecular weight excluding hydrogens is 451 g/mol. The minimum absolute atomic E-state index is 0. The minimum atomic E-state index is -0.0874. The normalized spacial score (nSPS) is 10.9. The van der Waals surface area contributed by atoms with Gasteiger partial charge in [0, 0.05) is 44.1 Å². The second-order valence-corrected chi connectivity index (χ2v) is 6.83. The maximum absolute atomic E-state index is 11.2. The first-order valence-electron chi connectivity index (χ1n) is 8.67. The molecule has 1 heterocycles. The molecule has 0 aliphatic heterocycles. The Morgan fingerprint density at radius 1 is 1.24 bits per heavy atom. The Hall–Kier alpha value is -0.900. The molecule has 0 bridgehead atoms. The van der Waals surface area contributed by atoms with Crippen molar-refractivity contribution in [1.29, 1.82) is 0 Å². The number of carbonyl (C=O) groups excluding carboxylic acids is 1. The summed E-state index contributed by atoms with van der Waals surface area (Å²) >= 11 is 1.74. The van der Waals surface area contributed by atoms with E-state index >= 15 is 0 Å². The summed E-state index contributed by atoms with van der Waals surface area (Å²) in [5, 5.41) is 7.76. The van der Waals surface area contributed by atoms with Crippen molar-refractivity contribution >= 4 is 47.2 Å². The van der Waals surface area contributed by atoms with Crippen LogP contribution in [-0.4, -0.2) is 43.7 Å². The van der Waals surface area contributed by atoms with E-state index in [1.165, 1.54) is 4.88 Å². The molecule has 0 fully saturated rings. The molecule has 1 aromatic heterocycles. The molecule has 144 valence electrons. The number of aromatic nitrogens is 1. The van der Waals surface area contributed by atoms with Gasteiger partial charge in [0.15, 0.2) is 5.96 Å². The van der Waals surface area contributed by atoms with Gasteiger partial charge in [0.1, 0.15) is 0 Å². The molecule has 0 saturated heterocycles. The van der Waals surface area contributed by atoms with Gasteiger partial charge < -0.3 is 15.4 Å². The Labute approximate surface area is 172 Å². The van der Waals surface area contributed by atoms with Gasteiger partial charge >= 0.3 is 5.97 Å². The van der Waals surface area contributed by atoms with Crippen LogP contribution in [0.5, 0.6) is 0 Å². The van der Waals surface area contributed by atoms with E-state index in [1.807, 2.05) is 13.1 Å². The lowest BCUT2D eigenvalue weighted by Gasteiger charge is -2.11. The monoisotopic (exact) mass is 482 g/mol. The van der Waals surface area contributed by atoms with Crippen molar-refractivity contribution in [1.82, 2.24) is 15.6 Å². The average Bonchev–Trinajstić information content (AvgIpc) is 2.97. The highest BCUT2D eigenvalue weighted by atomic mass is 127. The van der Waals surface area contributed by atoms with Gasteiger partial charge in [-0.05, 0) is 26.7 Å². The minimum Gasteiger partial charge on any atom is -0.466 e. The predicted molar refractivity (Wildman–Crippen MR) is 115 cm³/mol. The average molecular weight is 482 g/mol. The van der Waals surface area contributed by atoms with Crippen molar-refractivity contribution in [3.63, 3.8) is 0 Å². The van der Waals surface area contributed by atoms with E-state index in [4.69, 9.17) is 4.74 Å². The summed E-state index contributed by atoms with van der Waals surface area (Å²) in [4.78, 5) is 21.0. The molecular formula is C17H31IN4O2S. The summed E-state index contributed by atoms with van der Waals surface area (Å²) < 4.78 is 4.91. The number of unbranched alkanes of at least 4 members (excludes halogenated alkanes) is 3. The Morgan fingerprint density at radius 3 is 2.60 bits per heavy atom. The molecule has 25 heavy (non-hydrogen) atoms. The highest BCUT2D eigenvalue weighted by Crippen LogP contribution is 2.10. The van der Waals surface area contributed by atoms with Crippen LogP contribution >= 0.6 is 35.3 Å². The fourth-order valence-electron chi connectivity index (χ4n) is 2.21. The number of halogens is 1. The molecule has 6 nitrogen and oxygen atoms in total. The maximum Gasteiger partial charge on any atom is 0.305 e. The van der Waals surface area contributed by atoms with Crippen molar-refractivity contribution < 1.29 is 9.53 Å². The number of esters is 1. The Balaban J connectivity index is 0.00000576. The zero-order chi connectivity index (χ0) is 17.6. The third-order valence-electron chi connectivity index (χ3n) is 3.43. The molecule has 0 aliphatic rings. The Morgan fingerprint density at radius 2 is 1.96 bits per heavy atom. The second-order valence-electron chi connectivity index (χ2n) is 5.51. The predicted octanol–water partition coefficient (Wildman–Crippen LogP) is 3.29. The largest absolute Gasteiger partial charge is 0.466 e. The number of thiazole rings is 1. The van der Waals surface area contributed by atoms with Crippen molar-refractivity contribution in [2.75, 3.05) is 26.7 Å². The van der Waals surface area contributed by atoms with Crippen LogP contribution in [-0.2, 0) is 16.0 Å². The van der Waals surface area contributed by atoms with Crippen LogP contribution < -0.4 is 10.6 Å². The molecule has 0 unspecified atom stereocenters. The van der Waals surface area contributed by atoms with Gasteiger partial charge in [-0.3, -0.25) is 9.79 Å². The summed E-state index contributed by atoms with van der Waals surface area (Å²) in [6.07, 6.45) is 7.47. The summed E-state index contributed by atoms with van der Waals surface area (Å²) in [6, 6.07) is 0. The highest BCUT2D eigenvalue weighted by Gasteiger charge is 2.02. The molecule has 1 rings (SSSR count). The number of ether oxygens (including phenoxy) is 1. The first-order chi connectivity index (χ1) is 11.7. The van der Waals surface area contributed by atoms with Gasteiger partial charge in [0.25, 0.3) is 0 Å². The van der Waals surface area contributed by atoms with E-state index in [-0.39, 0.29) is 29.9 Å². The van der Waals surface area contributed by atoms with Crippen LogP contribution in [0.4, 0.5) is 0 Å². The third-order valence-corrected chi connectivity index (χ3v) is 4.40. The second kappa shape index (κ2) is 15.4. The lowest BCUT2D eigenvalue weighted by atomic mass is 10.1. The molecule has 8 heteroatoms. The molecule has 0 radical (unpaired) electrons. The van der Waals surface area contributed by atoms with Gasteiger partial charge in [0.2, 0.25) is 0 Å². The van der Waals surface area contributed by atoms with Crippen LogP contribution in [0.25, 0.3) is 0 Å². The number of aryl methyl sites for hydroxylation is 1. The number of nitrogens with one attached hydrogen (secondary N) is 2. The zero-order valence-corrected chi connectivity index (χ0v) is 18.6. The SMILES string of the molecule is CCOC(=O)CCCCCCNC(=NC)NCCc1ncc(C)s1.I. The van der Waals surface area contributed by atoms with Gasteiger partial charge in [-0.2, -0.15) is 0 Å². The van der Waals surface area contributed by atoms with E-state index in [0.717, 1.165) is 56.2 Å². The lowest BCUT2D eigenvalue weighted by molar-refractivity contribution is -0.143. The number of rotatable bonds is 11. The van der Waals surface area contributed by atoms with E-state index in [1.54, 1.807) is 18.4 Å². The number of hydrogen-bond donors (Lipinski definition) is 2. The Kier molecular flexibility index (Phi) is 14.8. The topological polar surface area (TPSA) is 75.6 Å². The molecule has 0 spiro atoms. The van der Waals surface area contributed by atoms with Crippen LogP contribution in [0.3, 0.4) is 0 Å². The van der Waals surface area contributed by atoms with Crippen LogP contribution in [0.2, 0.25) is 0 Å². The van der Waals surface area contributed by atoms with E-state index in [9.17, 15) is 4.79 Å². The van der Waals surface area contributed by atoms with Crippen LogP contribution in [0.15, 0.2) is 11.2 Å². The first kappa shape index (κ1) is 24.1. The van der Waals surface area contributed by atoms with Gasteiger partial charge in [-0.1, -0.05) is 12.8 Å². The fraction of sp³-hybridized carbons (Fsp3) is 0.706.